The first-order valence-corrected chi connectivity index (χ1v) is 10.7. The van der Waals surface area contributed by atoms with E-state index >= 15 is 0 Å². The summed E-state index contributed by atoms with van der Waals surface area (Å²) in [5, 5.41) is 6.19. The maximum Gasteiger partial charge on any atom is 0.223 e. The van der Waals surface area contributed by atoms with Crippen molar-refractivity contribution in [3.05, 3.63) is 57.6 Å². The highest BCUT2D eigenvalue weighted by molar-refractivity contribution is 7.09. The van der Waals surface area contributed by atoms with Crippen molar-refractivity contribution in [3.63, 3.8) is 0 Å². The lowest BCUT2D eigenvalue weighted by molar-refractivity contribution is -0.125. The number of thiophene rings is 1. The average molecular weight is 418 g/mol. The number of halogens is 2. The van der Waals surface area contributed by atoms with Crippen molar-refractivity contribution in [3.8, 4) is 0 Å². The molecule has 3 heterocycles. The Morgan fingerprint density at radius 3 is 2.86 bits per heavy atom. The molecule has 3 aromatic rings. The van der Waals surface area contributed by atoms with Gasteiger partial charge in [0.15, 0.2) is 5.82 Å². The summed E-state index contributed by atoms with van der Waals surface area (Å²) in [7, 11) is 0. The van der Waals surface area contributed by atoms with Gasteiger partial charge in [0.1, 0.15) is 5.52 Å². The lowest BCUT2D eigenvalue weighted by Crippen LogP contribution is -2.41. The molecule has 1 fully saturated rings. The van der Waals surface area contributed by atoms with Gasteiger partial charge < -0.3 is 10.2 Å². The van der Waals surface area contributed by atoms with Crippen LogP contribution in [0.2, 0.25) is 5.02 Å². The molecule has 0 aliphatic carbocycles. The Labute approximate surface area is 172 Å². The van der Waals surface area contributed by atoms with Crippen LogP contribution in [-0.2, 0) is 11.2 Å². The maximum absolute atomic E-state index is 14.9. The van der Waals surface area contributed by atoms with Gasteiger partial charge in [-0.2, -0.15) is 0 Å². The monoisotopic (exact) mass is 417 g/mol. The quantitative estimate of drug-likeness (QED) is 0.656. The summed E-state index contributed by atoms with van der Waals surface area (Å²) in [6.07, 6.45) is 3.81. The van der Waals surface area contributed by atoms with Crippen LogP contribution in [0.4, 0.5) is 10.1 Å². The molecule has 146 valence electrons. The highest BCUT2D eigenvalue weighted by atomic mass is 35.5. The number of amides is 1. The number of aromatic nitrogens is 1. The number of benzene rings is 1. The van der Waals surface area contributed by atoms with Crippen LogP contribution in [0.3, 0.4) is 0 Å². The number of hydrogen-bond acceptors (Lipinski definition) is 4. The molecular formula is C21H21ClFN3OS. The number of nitrogens with zero attached hydrogens (tertiary/aromatic N) is 2. The fourth-order valence-electron chi connectivity index (χ4n) is 3.67. The summed E-state index contributed by atoms with van der Waals surface area (Å²) >= 11 is 7.84. The second-order valence-electron chi connectivity index (χ2n) is 6.97. The van der Waals surface area contributed by atoms with E-state index in [9.17, 15) is 9.18 Å². The molecule has 28 heavy (non-hydrogen) atoms. The van der Waals surface area contributed by atoms with Crippen molar-refractivity contribution in [2.45, 2.75) is 19.3 Å². The van der Waals surface area contributed by atoms with Crippen LogP contribution in [0.25, 0.3) is 10.9 Å². The molecule has 2 aromatic heterocycles. The van der Waals surface area contributed by atoms with Crippen LogP contribution >= 0.6 is 22.9 Å². The Bertz CT molecular complexity index is 971. The highest BCUT2D eigenvalue weighted by Gasteiger charge is 2.26. The second kappa shape index (κ2) is 8.45. The van der Waals surface area contributed by atoms with Gasteiger partial charge in [-0.15, -0.1) is 11.3 Å². The van der Waals surface area contributed by atoms with Crippen LogP contribution in [0.5, 0.6) is 0 Å². The average Bonchev–Trinajstić information content (AvgIpc) is 3.23. The smallest absolute Gasteiger partial charge is 0.223 e. The minimum atomic E-state index is -0.348. The van der Waals surface area contributed by atoms with Gasteiger partial charge in [0.05, 0.1) is 10.7 Å². The number of nitrogens with one attached hydrogen (secondary N) is 1. The third-order valence-corrected chi connectivity index (χ3v) is 6.50. The molecule has 0 spiro atoms. The molecule has 4 nitrogen and oxygen atoms in total. The number of carbonyl (C=O) groups excluding carboxylic acids is 1. The van der Waals surface area contributed by atoms with E-state index in [4.69, 9.17) is 11.6 Å². The zero-order valence-corrected chi connectivity index (χ0v) is 16.9. The molecule has 1 aromatic carbocycles. The van der Waals surface area contributed by atoms with E-state index < -0.39 is 0 Å². The summed E-state index contributed by atoms with van der Waals surface area (Å²) in [5.74, 6) is -0.266. The van der Waals surface area contributed by atoms with Crippen LogP contribution in [0.1, 0.15) is 17.7 Å². The van der Waals surface area contributed by atoms with Crippen LogP contribution in [0, 0.1) is 11.7 Å². The molecule has 0 atom stereocenters. The van der Waals surface area contributed by atoms with Gasteiger partial charge in [0, 0.05) is 42.0 Å². The van der Waals surface area contributed by atoms with Crippen molar-refractivity contribution >= 4 is 45.4 Å². The molecule has 0 unspecified atom stereocenters. The van der Waals surface area contributed by atoms with E-state index in [0.29, 0.717) is 54.1 Å². The van der Waals surface area contributed by atoms with Gasteiger partial charge in [-0.1, -0.05) is 17.7 Å². The van der Waals surface area contributed by atoms with E-state index in [1.165, 1.54) is 11.1 Å². The number of pyridine rings is 1. The predicted molar refractivity (Wildman–Crippen MR) is 113 cm³/mol. The van der Waals surface area contributed by atoms with Crippen LogP contribution < -0.4 is 10.2 Å². The Kier molecular flexibility index (Phi) is 5.78. The van der Waals surface area contributed by atoms with Gasteiger partial charge in [0.25, 0.3) is 0 Å². The maximum atomic E-state index is 14.9. The number of hydrogen-bond donors (Lipinski definition) is 1. The fraction of sp³-hybridized carbons (Fsp3) is 0.333. The standard InChI is InChI=1S/C21H21ClFN3OS/c22-17-6-10-24-20-16(17)3-4-18(19(20)23)26-11-7-14(8-12-26)21(27)25-9-5-15-2-1-13-28-15/h1-4,6,10,13-14H,5,7-9,11-12H2,(H,25,27). The van der Waals surface area contributed by atoms with Gasteiger partial charge in [-0.3, -0.25) is 9.78 Å². The van der Waals surface area contributed by atoms with E-state index in [-0.39, 0.29) is 17.6 Å². The topological polar surface area (TPSA) is 45.2 Å². The lowest BCUT2D eigenvalue weighted by Gasteiger charge is -2.33. The van der Waals surface area contributed by atoms with Gasteiger partial charge in [-0.25, -0.2) is 4.39 Å². The van der Waals surface area contributed by atoms with E-state index in [2.05, 4.69) is 16.4 Å². The summed E-state index contributed by atoms with van der Waals surface area (Å²) in [4.78, 5) is 19.8. The number of fused-ring (bicyclic) bond motifs is 1. The molecule has 0 saturated carbocycles. The van der Waals surface area contributed by atoms with Crippen LogP contribution in [0.15, 0.2) is 41.9 Å². The zero-order valence-electron chi connectivity index (χ0n) is 15.3. The summed E-state index contributed by atoms with van der Waals surface area (Å²) in [6.45, 7) is 1.95. The highest BCUT2D eigenvalue weighted by Crippen LogP contribution is 2.32. The third kappa shape index (κ3) is 3.98. The lowest BCUT2D eigenvalue weighted by atomic mass is 9.95. The Hall–Kier alpha value is -2.18. The Balaban J connectivity index is 1.35. The molecule has 1 N–H and O–H groups in total. The van der Waals surface area contributed by atoms with Crippen molar-refractivity contribution in [2.75, 3.05) is 24.5 Å². The SMILES string of the molecule is O=C(NCCc1cccs1)C1CCN(c2ccc3c(Cl)ccnc3c2F)CC1. The van der Waals surface area contributed by atoms with Crippen molar-refractivity contribution in [2.24, 2.45) is 5.92 Å². The molecular weight excluding hydrogens is 397 g/mol. The molecule has 1 aliphatic heterocycles. The van der Waals surface area contributed by atoms with Crippen molar-refractivity contribution < 1.29 is 9.18 Å². The van der Waals surface area contributed by atoms with Crippen LogP contribution in [-0.4, -0.2) is 30.5 Å². The van der Waals surface area contributed by atoms with E-state index in [0.717, 1.165) is 6.42 Å². The van der Waals surface area contributed by atoms with Crippen molar-refractivity contribution in [1.82, 2.24) is 10.3 Å². The summed E-state index contributed by atoms with van der Waals surface area (Å²) in [5.41, 5.74) is 0.817. The van der Waals surface area contributed by atoms with E-state index in [1.54, 1.807) is 23.5 Å². The zero-order chi connectivity index (χ0) is 19.5. The number of rotatable bonds is 5. The summed E-state index contributed by atoms with van der Waals surface area (Å²) in [6, 6.07) is 9.33. The Morgan fingerprint density at radius 1 is 1.29 bits per heavy atom. The van der Waals surface area contributed by atoms with Crippen molar-refractivity contribution in [1.29, 1.82) is 0 Å². The van der Waals surface area contributed by atoms with Gasteiger partial charge in [-0.05, 0) is 48.9 Å². The number of carbonyl (C=O) groups is 1. The third-order valence-electron chi connectivity index (χ3n) is 5.23. The number of piperidine rings is 1. The molecule has 1 aliphatic rings. The molecule has 0 bridgehead atoms. The molecule has 1 amide bonds. The number of anilines is 1. The normalized spacial score (nSPS) is 15.1. The first-order chi connectivity index (χ1) is 13.6. The minimum Gasteiger partial charge on any atom is -0.369 e. The summed E-state index contributed by atoms with van der Waals surface area (Å²) < 4.78 is 14.9. The fourth-order valence-corrected chi connectivity index (χ4v) is 4.59. The predicted octanol–water partition coefficient (Wildman–Crippen LogP) is 4.66. The van der Waals surface area contributed by atoms with Gasteiger partial charge >= 0.3 is 0 Å². The van der Waals surface area contributed by atoms with E-state index in [1.807, 2.05) is 22.4 Å². The molecule has 4 rings (SSSR count). The largest absolute Gasteiger partial charge is 0.369 e. The second-order valence-corrected chi connectivity index (χ2v) is 8.41. The minimum absolute atomic E-state index is 0.0179. The first-order valence-electron chi connectivity index (χ1n) is 9.41. The molecule has 1 saturated heterocycles. The Morgan fingerprint density at radius 2 is 2.11 bits per heavy atom. The van der Waals surface area contributed by atoms with Gasteiger partial charge in [0.2, 0.25) is 5.91 Å². The molecule has 7 heteroatoms. The first kappa shape index (κ1) is 19.2. The molecule has 0 radical (unpaired) electrons.